The number of carbonyl (C=O) groups excluding carboxylic acids is 2. The van der Waals surface area contributed by atoms with Crippen molar-refractivity contribution in [3.8, 4) is 5.75 Å². The average molecular weight is 325 g/mol. The number of nitrogens with one attached hydrogen (secondary N) is 1. The van der Waals surface area contributed by atoms with Gasteiger partial charge in [0.05, 0.1) is 18.3 Å². The predicted octanol–water partition coefficient (Wildman–Crippen LogP) is 3.12. The van der Waals surface area contributed by atoms with Crippen LogP contribution in [-0.4, -0.2) is 28.1 Å². The molecule has 0 bridgehead atoms. The molecule has 7 nitrogen and oxygen atoms in total. The van der Waals surface area contributed by atoms with Crippen molar-refractivity contribution in [3.05, 3.63) is 60.4 Å². The molecule has 0 fully saturated rings. The van der Waals surface area contributed by atoms with Gasteiger partial charge in [-0.25, -0.2) is 9.78 Å². The molecule has 0 aliphatic rings. The van der Waals surface area contributed by atoms with E-state index in [2.05, 4.69) is 15.0 Å². The molecule has 24 heavy (non-hydrogen) atoms. The molecule has 0 aliphatic heterocycles. The zero-order valence-electron chi connectivity index (χ0n) is 12.9. The van der Waals surface area contributed by atoms with Gasteiger partial charge in [-0.2, -0.15) is 0 Å². The van der Waals surface area contributed by atoms with Gasteiger partial charge in [-0.05, 0) is 43.3 Å². The van der Waals surface area contributed by atoms with Crippen molar-refractivity contribution in [1.82, 2.24) is 9.38 Å². The number of hydrogen-bond donors (Lipinski definition) is 1. The molecule has 0 saturated carbocycles. The minimum absolute atomic E-state index is 0.234. The Morgan fingerprint density at radius 3 is 2.71 bits per heavy atom. The SMILES string of the molecule is CCOC(=O)Oc1ccc(C(=O)Nc2ncc3ccccn23)cc1. The number of imidazole rings is 1. The van der Waals surface area contributed by atoms with E-state index < -0.39 is 6.16 Å². The minimum atomic E-state index is -0.779. The molecule has 0 spiro atoms. The number of pyridine rings is 1. The lowest BCUT2D eigenvalue weighted by atomic mass is 10.2. The van der Waals surface area contributed by atoms with E-state index in [-0.39, 0.29) is 12.5 Å². The van der Waals surface area contributed by atoms with E-state index in [0.29, 0.717) is 17.3 Å². The highest BCUT2D eigenvalue weighted by atomic mass is 16.7. The third-order valence-corrected chi connectivity index (χ3v) is 3.24. The van der Waals surface area contributed by atoms with Gasteiger partial charge in [0.2, 0.25) is 5.95 Å². The van der Waals surface area contributed by atoms with Gasteiger partial charge in [-0.3, -0.25) is 14.5 Å². The average Bonchev–Trinajstić information content (AvgIpc) is 2.99. The fourth-order valence-corrected chi connectivity index (χ4v) is 2.13. The van der Waals surface area contributed by atoms with Crippen LogP contribution in [0.4, 0.5) is 10.7 Å². The zero-order chi connectivity index (χ0) is 16.9. The fourth-order valence-electron chi connectivity index (χ4n) is 2.13. The number of hydrogen-bond acceptors (Lipinski definition) is 5. The van der Waals surface area contributed by atoms with Gasteiger partial charge >= 0.3 is 6.16 Å². The third-order valence-electron chi connectivity index (χ3n) is 3.24. The summed E-state index contributed by atoms with van der Waals surface area (Å²) >= 11 is 0. The van der Waals surface area contributed by atoms with Crippen molar-refractivity contribution >= 4 is 23.5 Å². The summed E-state index contributed by atoms with van der Waals surface area (Å²) < 4.78 is 11.4. The molecule has 2 heterocycles. The molecule has 0 radical (unpaired) electrons. The van der Waals surface area contributed by atoms with Crippen LogP contribution >= 0.6 is 0 Å². The summed E-state index contributed by atoms with van der Waals surface area (Å²) in [6.07, 6.45) is 2.71. The Morgan fingerprint density at radius 2 is 1.96 bits per heavy atom. The Hall–Kier alpha value is -3.35. The topological polar surface area (TPSA) is 81.9 Å². The molecule has 0 aliphatic carbocycles. The molecular weight excluding hydrogens is 310 g/mol. The Balaban J connectivity index is 1.70. The summed E-state index contributed by atoms with van der Waals surface area (Å²) in [7, 11) is 0. The molecule has 0 unspecified atom stereocenters. The number of amides is 1. The lowest BCUT2D eigenvalue weighted by molar-refractivity contribution is 0.102. The first-order chi connectivity index (χ1) is 11.7. The summed E-state index contributed by atoms with van der Waals surface area (Å²) in [6.45, 7) is 1.92. The Labute approximate surface area is 137 Å². The number of rotatable bonds is 4. The van der Waals surface area contributed by atoms with Gasteiger partial charge in [-0.15, -0.1) is 0 Å². The van der Waals surface area contributed by atoms with Crippen LogP contribution in [0.15, 0.2) is 54.9 Å². The monoisotopic (exact) mass is 325 g/mol. The quantitative estimate of drug-likeness (QED) is 0.589. The number of fused-ring (bicyclic) bond motifs is 1. The van der Waals surface area contributed by atoms with Crippen molar-refractivity contribution < 1.29 is 19.1 Å². The standard InChI is InChI=1S/C17H15N3O4/c1-2-23-17(22)24-14-8-6-12(7-9-14)15(21)19-16-18-11-13-5-3-4-10-20(13)16/h3-11H,2H2,1H3,(H,18,19,21). The van der Waals surface area contributed by atoms with Gasteiger partial charge < -0.3 is 9.47 Å². The number of anilines is 1. The normalized spacial score (nSPS) is 10.4. The van der Waals surface area contributed by atoms with Crippen LogP contribution < -0.4 is 10.1 Å². The van der Waals surface area contributed by atoms with Crippen LogP contribution in [0.2, 0.25) is 0 Å². The van der Waals surface area contributed by atoms with Crippen molar-refractivity contribution in [2.24, 2.45) is 0 Å². The van der Waals surface area contributed by atoms with Crippen LogP contribution in [0.5, 0.6) is 5.75 Å². The molecule has 1 aromatic carbocycles. The number of ether oxygens (including phenoxy) is 2. The minimum Gasteiger partial charge on any atom is -0.434 e. The van der Waals surface area contributed by atoms with Gasteiger partial charge in [0.1, 0.15) is 5.75 Å². The van der Waals surface area contributed by atoms with Crippen LogP contribution in [0, 0.1) is 0 Å². The van der Waals surface area contributed by atoms with Crippen molar-refractivity contribution in [3.63, 3.8) is 0 Å². The van der Waals surface area contributed by atoms with E-state index in [4.69, 9.17) is 4.74 Å². The Kier molecular flexibility index (Phi) is 4.42. The first-order valence-corrected chi connectivity index (χ1v) is 7.35. The van der Waals surface area contributed by atoms with Gasteiger partial charge in [0.15, 0.2) is 0 Å². The highest BCUT2D eigenvalue weighted by Crippen LogP contribution is 2.15. The van der Waals surface area contributed by atoms with E-state index in [1.165, 1.54) is 12.1 Å². The number of aromatic nitrogens is 2. The summed E-state index contributed by atoms with van der Waals surface area (Å²) in [5.74, 6) is 0.424. The number of benzene rings is 1. The Morgan fingerprint density at radius 1 is 1.17 bits per heavy atom. The number of nitrogens with zero attached hydrogens (tertiary/aromatic N) is 2. The second-order valence-electron chi connectivity index (χ2n) is 4.84. The van der Waals surface area contributed by atoms with Gasteiger partial charge in [0.25, 0.3) is 5.91 Å². The summed E-state index contributed by atoms with van der Waals surface area (Å²) in [4.78, 5) is 27.7. The lowest BCUT2D eigenvalue weighted by Gasteiger charge is -2.06. The van der Waals surface area contributed by atoms with Crippen LogP contribution in [0.1, 0.15) is 17.3 Å². The highest BCUT2D eigenvalue weighted by molar-refractivity contribution is 6.03. The highest BCUT2D eigenvalue weighted by Gasteiger charge is 2.11. The van der Waals surface area contributed by atoms with Gasteiger partial charge in [-0.1, -0.05) is 6.07 Å². The molecule has 3 aromatic rings. The molecule has 0 atom stereocenters. The summed E-state index contributed by atoms with van der Waals surface area (Å²) in [5, 5.41) is 2.74. The maximum absolute atomic E-state index is 12.3. The molecule has 7 heteroatoms. The first kappa shape index (κ1) is 15.5. The van der Waals surface area contributed by atoms with Crippen molar-refractivity contribution in [2.75, 3.05) is 11.9 Å². The summed E-state index contributed by atoms with van der Waals surface area (Å²) in [5.41, 5.74) is 1.30. The van der Waals surface area contributed by atoms with Crippen LogP contribution in [0.25, 0.3) is 5.52 Å². The fraction of sp³-hybridized carbons (Fsp3) is 0.118. The molecule has 2 aromatic heterocycles. The molecule has 1 amide bonds. The van der Waals surface area contributed by atoms with E-state index in [1.807, 2.05) is 24.4 Å². The van der Waals surface area contributed by atoms with E-state index >= 15 is 0 Å². The molecule has 1 N–H and O–H groups in total. The molecule has 122 valence electrons. The van der Waals surface area contributed by atoms with E-state index in [0.717, 1.165) is 5.52 Å². The summed E-state index contributed by atoms with van der Waals surface area (Å²) in [6, 6.07) is 11.8. The Bertz CT molecular complexity index is 871. The molecule has 3 rings (SSSR count). The lowest BCUT2D eigenvalue weighted by Crippen LogP contribution is -2.14. The van der Waals surface area contributed by atoms with Crippen LogP contribution in [0.3, 0.4) is 0 Å². The zero-order valence-corrected chi connectivity index (χ0v) is 12.9. The second-order valence-corrected chi connectivity index (χ2v) is 4.84. The molecular formula is C17H15N3O4. The van der Waals surface area contributed by atoms with E-state index in [9.17, 15) is 9.59 Å². The number of carbonyl (C=O) groups is 2. The predicted molar refractivity (Wildman–Crippen MR) is 87.2 cm³/mol. The van der Waals surface area contributed by atoms with E-state index in [1.54, 1.807) is 29.7 Å². The van der Waals surface area contributed by atoms with Gasteiger partial charge in [0, 0.05) is 11.8 Å². The maximum atomic E-state index is 12.3. The van der Waals surface area contributed by atoms with Crippen molar-refractivity contribution in [1.29, 1.82) is 0 Å². The largest absolute Gasteiger partial charge is 0.513 e. The smallest absolute Gasteiger partial charge is 0.434 e. The first-order valence-electron chi connectivity index (χ1n) is 7.35. The second kappa shape index (κ2) is 6.82. The van der Waals surface area contributed by atoms with Crippen LogP contribution in [-0.2, 0) is 4.74 Å². The maximum Gasteiger partial charge on any atom is 0.513 e. The third kappa shape index (κ3) is 3.35. The molecule has 0 saturated heterocycles. The van der Waals surface area contributed by atoms with Crippen molar-refractivity contribution in [2.45, 2.75) is 6.92 Å².